The molecule has 1 heterocycles. The number of rotatable bonds is 3. The Morgan fingerprint density at radius 2 is 2.10 bits per heavy atom. The maximum atomic E-state index is 12.5. The van der Waals surface area contributed by atoms with E-state index in [1.807, 2.05) is 18.2 Å². The summed E-state index contributed by atoms with van der Waals surface area (Å²) in [7, 11) is 1.54. The van der Waals surface area contributed by atoms with Crippen LogP contribution in [0, 0.1) is 0 Å². The van der Waals surface area contributed by atoms with Gasteiger partial charge in [-0.1, -0.05) is 30.3 Å². The molecular weight excluding hydrogens is 280 g/mol. The second-order valence-electron chi connectivity index (χ2n) is 4.51. The number of benzene rings is 1. The smallest absolute Gasteiger partial charge is 0.246 e. The fraction of sp³-hybridized carbons (Fsp3) is 0.429. The fourth-order valence-corrected chi connectivity index (χ4v) is 2.43. The van der Waals surface area contributed by atoms with Crippen molar-refractivity contribution < 1.29 is 14.3 Å². The summed E-state index contributed by atoms with van der Waals surface area (Å²) in [4.78, 5) is 25.8. The molecule has 20 heavy (non-hydrogen) atoms. The highest BCUT2D eigenvalue weighted by atomic mass is 35.5. The Labute approximate surface area is 122 Å². The number of nitrogens with zero attached hydrogens (tertiary/aromatic N) is 1. The second kappa shape index (κ2) is 6.72. The van der Waals surface area contributed by atoms with Gasteiger partial charge in [0.05, 0.1) is 13.2 Å². The van der Waals surface area contributed by atoms with Gasteiger partial charge in [0.15, 0.2) is 0 Å². The SMILES string of the molecule is CNC(=O)C1COCCN1C(=O)C(Cl)c1ccccc1. The Morgan fingerprint density at radius 3 is 2.75 bits per heavy atom. The predicted octanol–water partition coefficient (Wildman–Crippen LogP) is 0.940. The highest BCUT2D eigenvalue weighted by molar-refractivity contribution is 6.30. The summed E-state index contributed by atoms with van der Waals surface area (Å²) in [5, 5.41) is 1.75. The van der Waals surface area contributed by atoms with E-state index in [9.17, 15) is 9.59 Å². The van der Waals surface area contributed by atoms with Gasteiger partial charge in [0.1, 0.15) is 11.4 Å². The fourth-order valence-electron chi connectivity index (χ4n) is 2.16. The number of hydrogen-bond acceptors (Lipinski definition) is 3. The molecule has 2 rings (SSSR count). The van der Waals surface area contributed by atoms with Gasteiger partial charge in [-0.3, -0.25) is 9.59 Å². The number of likely N-dealkylation sites (N-methyl/N-ethyl adjacent to an activating group) is 1. The first kappa shape index (κ1) is 14.8. The molecule has 0 saturated carbocycles. The van der Waals surface area contributed by atoms with Gasteiger partial charge >= 0.3 is 0 Å². The van der Waals surface area contributed by atoms with Crippen molar-refractivity contribution in [3.05, 3.63) is 35.9 Å². The van der Waals surface area contributed by atoms with Crippen molar-refractivity contribution in [2.75, 3.05) is 26.8 Å². The highest BCUT2D eigenvalue weighted by Gasteiger charge is 2.35. The van der Waals surface area contributed by atoms with Crippen molar-refractivity contribution in [3.63, 3.8) is 0 Å². The van der Waals surface area contributed by atoms with E-state index in [1.165, 1.54) is 11.9 Å². The molecule has 0 aromatic heterocycles. The zero-order chi connectivity index (χ0) is 14.5. The van der Waals surface area contributed by atoms with Gasteiger partial charge in [-0.05, 0) is 5.56 Å². The average Bonchev–Trinajstić information content (AvgIpc) is 2.53. The van der Waals surface area contributed by atoms with E-state index in [2.05, 4.69) is 5.32 Å². The summed E-state index contributed by atoms with van der Waals surface area (Å²) in [5.41, 5.74) is 0.723. The minimum Gasteiger partial charge on any atom is -0.377 e. The average molecular weight is 297 g/mol. The summed E-state index contributed by atoms with van der Waals surface area (Å²) in [5.74, 6) is -0.509. The van der Waals surface area contributed by atoms with Crippen molar-refractivity contribution in [1.29, 1.82) is 0 Å². The van der Waals surface area contributed by atoms with E-state index in [1.54, 1.807) is 12.1 Å². The van der Waals surface area contributed by atoms with Gasteiger partial charge in [0.2, 0.25) is 11.8 Å². The lowest BCUT2D eigenvalue weighted by molar-refractivity contribution is -0.148. The second-order valence-corrected chi connectivity index (χ2v) is 4.95. The third-order valence-corrected chi connectivity index (χ3v) is 3.71. The summed E-state index contributed by atoms with van der Waals surface area (Å²) in [6.45, 7) is 0.981. The topological polar surface area (TPSA) is 58.6 Å². The van der Waals surface area contributed by atoms with Gasteiger partial charge < -0.3 is 15.0 Å². The summed E-state index contributed by atoms with van der Waals surface area (Å²) < 4.78 is 5.27. The Bertz CT molecular complexity index is 481. The summed E-state index contributed by atoms with van der Waals surface area (Å²) in [6, 6.07) is 8.49. The Balaban J connectivity index is 2.15. The Morgan fingerprint density at radius 1 is 1.40 bits per heavy atom. The molecule has 0 bridgehead atoms. The lowest BCUT2D eigenvalue weighted by Gasteiger charge is -2.35. The first-order valence-corrected chi connectivity index (χ1v) is 6.87. The molecule has 1 aliphatic rings. The van der Waals surface area contributed by atoms with Gasteiger partial charge in [0, 0.05) is 13.6 Å². The van der Waals surface area contributed by atoms with E-state index < -0.39 is 11.4 Å². The van der Waals surface area contributed by atoms with Gasteiger partial charge in [-0.2, -0.15) is 0 Å². The van der Waals surface area contributed by atoms with E-state index in [0.717, 1.165) is 5.56 Å². The van der Waals surface area contributed by atoms with Crippen LogP contribution in [0.5, 0.6) is 0 Å². The van der Waals surface area contributed by atoms with Crippen molar-refractivity contribution in [3.8, 4) is 0 Å². The van der Waals surface area contributed by atoms with Gasteiger partial charge in [-0.25, -0.2) is 0 Å². The lowest BCUT2D eigenvalue weighted by atomic mass is 10.1. The maximum Gasteiger partial charge on any atom is 0.246 e. The van der Waals surface area contributed by atoms with Crippen molar-refractivity contribution in [1.82, 2.24) is 10.2 Å². The van der Waals surface area contributed by atoms with Crippen LogP contribution in [0.2, 0.25) is 0 Å². The van der Waals surface area contributed by atoms with Gasteiger partial charge in [-0.15, -0.1) is 11.6 Å². The number of ether oxygens (including phenoxy) is 1. The number of hydrogen-bond donors (Lipinski definition) is 1. The zero-order valence-corrected chi connectivity index (χ0v) is 12.0. The van der Waals surface area contributed by atoms with E-state index in [0.29, 0.717) is 13.2 Å². The van der Waals surface area contributed by atoms with E-state index in [4.69, 9.17) is 16.3 Å². The third kappa shape index (κ3) is 3.11. The molecule has 1 aromatic carbocycles. The normalized spacial score (nSPS) is 20.3. The van der Waals surface area contributed by atoms with Crippen LogP contribution in [0.1, 0.15) is 10.9 Å². The number of carbonyl (C=O) groups is 2. The van der Waals surface area contributed by atoms with Crippen LogP contribution >= 0.6 is 11.6 Å². The van der Waals surface area contributed by atoms with Crippen LogP contribution < -0.4 is 5.32 Å². The number of halogens is 1. The third-order valence-electron chi connectivity index (χ3n) is 3.27. The minimum absolute atomic E-state index is 0.198. The number of morpholine rings is 1. The largest absolute Gasteiger partial charge is 0.377 e. The molecule has 108 valence electrons. The van der Waals surface area contributed by atoms with Crippen LogP contribution in [-0.4, -0.2) is 49.6 Å². The molecule has 2 atom stereocenters. The number of carbonyl (C=O) groups excluding carboxylic acids is 2. The molecule has 2 amide bonds. The molecule has 1 saturated heterocycles. The Kier molecular flexibility index (Phi) is 4.98. The first-order chi connectivity index (χ1) is 9.65. The van der Waals surface area contributed by atoms with E-state index >= 15 is 0 Å². The molecule has 5 nitrogen and oxygen atoms in total. The number of nitrogens with one attached hydrogen (secondary N) is 1. The van der Waals surface area contributed by atoms with Crippen molar-refractivity contribution >= 4 is 23.4 Å². The van der Waals surface area contributed by atoms with Crippen LogP contribution in [0.3, 0.4) is 0 Å². The van der Waals surface area contributed by atoms with Gasteiger partial charge in [0.25, 0.3) is 0 Å². The molecule has 2 unspecified atom stereocenters. The molecule has 1 aromatic rings. The zero-order valence-electron chi connectivity index (χ0n) is 11.2. The van der Waals surface area contributed by atoms with Crippen LogP contribution in [-0.2, 0) is 14.3 Å². The number of amides is 2. The maximum absolute atomic E-state index is 12.5. The van der Waals surface area contributed by atoms with Crippen LogP contribution in [0.15, 0.2) is 30.3 Å². The molecule has 0 spiro atoms. The molecule has 0 radical (unpaired) electrons. The van der Waals surface area contributed by atoms with Crippen molar-refractivity contribution in [2.45, 2.75) is 11.4 Å². The molecule has 0 aliphatic carbocycles. The monoisotopic (exact) mass is 296 g/mol. The van der Waals surface area contributed by atoms with Crippen LogP contribution in [0.4, 0.5) is 0 Å². The highest BCUT2D eigenvalue weighted by Crippen LogP contribution is 2.24. The molecular formula is C14H17ClN2O3. The first-order valence-electron chi connectivity index (χ1n) is 6.44. The molecule has 1 fully saturated rings. The van der Waals surface area contributed by atoms with E-state index in [-0.39, 0.29) is 18.4 Å². The molecule has 1 N–H and O–H groups in total. The minimum atomic E-state index is -0.790. The Hall–Kier alpha value is -1.59. The predicted molar refractivity (Wildman–Crippen MR) is 75.4 cm³/mol. The number of alkyl halides is 1. The summed E-state index contributed by atoms with van der Waals surface area (Å²) >= 11 is 6.24. The van der Waals surface area contributed by atoms with Crippen LogP contribution in [0.25, 0.3) is 0 Å². The standard InChI is InChI=1S/C14H17ClN2O3/c1-16-13(18)11-9-20-8-7-17(11)14(19)12(15)10-5-3-2-4-6-10/h2-6,11-12H,7-9H2,1H3,(H,16,18). The summed E-state index contributed by atoms with van der Waals surface area (Å²) in [6.07, 6.45) is 0. The molecule has 6 heteroatoms. The quantitative estimate of drug-likeness (QED) is 0.845. The van der Waals surface area contributed by atoms with Crippen molar-refractivity contribution in [2.24, 2.45) is 0 Å². The molecule has 1 aliphatic heterocycles. The lowest BCUT2D eigenvalue weighted by Crippen LogP contribution is -2.56.